The maximum absolute atomic E-state index is 6.11. The average Bonchev–Trinajstić information content (AvgIpc) is 2.95. The van der Waals surface area contributed by atoms with E-state index < -0.39 is 0 Å². The van der Waals surface area contributed by atoms with Crippen LogP contribution in [0.15, 0.2) is 47.1 Å². The normalized spacial score (nSPS) is 12.8. The van der Waals surface area contributed by atoms with Crippen molar-refractivity contribution < 1.29 is 0 Å². The molecule has 3 rings (SSSR count). The molecule has 0 aliphatic heterocycles. The highest BCUT2D eigenvalue weighted by Crippen LogP contribution is 2.35. The van der Waals surface area contributed by atoms with Gasteiger partial charge in [-0.25, -0.2) is 0 Å². The van der Waals surface area contributed by atoms with Crippen LogP contribution in [-0.2, 0) is 0 Å². The van der Waals surface area contributed by atoms with Gasteiger partial charge in [0.1, 0.15) is 0 Å². The SMILES string of the molecule is CCC(N)c1ccc(-c2cccc3cc(Br)cnc23)s1. The number of nitrogens with zero attached hydrogens (tertiary/aromatic N) is 1. The van der Waals surface area contributed by atoms with Gasteiger partial charge in [0.2, 0.25) is 0 Å². The molecule has 2 N–H and O–H groups in total. The van der Waals surface area contributed by atoms with Crippen molar-refractivity contribution in [1.29, 1.82) is 0 Å². The predicted molar refractivity (Wildman–Crippen MR) is 90.0 cm³/mol. The molecule has 0 bridgehead atoms. The van der Waals surface area contributed by atoms with Crippen LogP contribution in [0.25, 0.3) is 21.3 Å². The molecule has 102 valence electrons. The number of aromatic nitrogens is 1. The number of halogens is 1. The maximum atomic E-state index is 6.11. The lowest BCUT2D eigenvalue weighted by Crippen LogP contribution is -2.05. The molecule has 2 aromatic heterocycles. The van der Waals surface area contributed by atoms with Crippen LogP contribution < -0.4 is 5.73 Å². The van der Waals surface area contributed by atoms with Gasteiger partial charge in [-0.05, 0) is 40.5 Å². The highest BCUT2D eigenvalue weighted by molar-refractivity contribution is 9.10. The third kappa shape index (κ3) is 2.51. The Kier molecular flexibility index (Phi) is 3.87. The fourth-order valence-corrected chi connectivity index (χ4v) is 3.70. The Bertz CT molecular complexity index is 751. The molecule has 0 spiro atoms. The monoisotopic (exact) mass is 346 g/mol. The number of benzene rings is 1. The molecule has 0 fully saturated rings. The minimum absolute atomic E-state index is 0.130. The van der Waals surface area contributed by atoms with Gasteiger partial charge in [0.05, 0.1) is 5.52 Å². The Balaban J connectivity index is 2.12. The first kappa shape index (κ1) is 13.7. The first-order chi connectivity index (χ1) is 9.69. The fraction of sp³-hybridized carbons (Fsp3) is 0.188. The van der Waals surface area contributed by atoms with E-state index in [9.17, 15) is 0 Å². The van der Waals surface area contributed by atoms with Crippen molar-refractivity contribution in [3.8, 4) is 10.4 Å². The van der Waals surface area contributed by atoms with Gasteiger partial charge in [0.25, 0.3) is 0 Å². The molecule has 0 amide bonds. The topological polar surface area (TPSA) is 38.9 Å². The quantitative estimate of drug-likeness (QED) is 0.713. The summed E-state index contributed by atoms with van der Waals surface area (Å²) in [7, 11) is 0. The van der Waals surface area contributed by atoms with Crippen molar-refractivity contribution in [3.63, 3.8) is 0 Å². The lowest BCUT2D eigenvalue weighted by Gasteiger charge is -2.05. The van der Waals surface area contributed by atoms with Gasteiger partial charge in [-0.3, -0.25) is 4.98 Å². The molecule has 0 radical (unpaired) electrons. The van der Waals surface area contributed by atoms with Crippen LogP contribution in [0, 0.1) is 0 Å². The van der Waals surface area contributed by atoms with E-state index in [1.807, 2.05) is 6.20 Å². The zero-order chi connectivity index (χ0) is 14.1. The summed E-state index contributed by atoms with van der Waals surface area (Å²) in [5.41, 5.74) is 8.32. The van der Waals surface area contributed by atoms with E-state index in [4.69, 9.17) is 5.73 Å². The second-order valence-corrected chi connectivity index (χ2v) is 6.78. The zero-order valence-electron chi connectivity index (χ0n) is 11.1. The number of thiophene rings is 1. The first-order valence-corrected chi connectivity index (χ1v) is 8.20. The molecule has 0 saturated heterocycles. The van der Waals surface area contributed by atoms with Crippen molar-refractivity contribution in [2.24, 2.45) is 5.73 Å². The molecule has 0 aliphatic carbocycles. The fourth-order valence-electron chi connectivity index (χ4n) is 2.23. The lowest BCUT2D eigenvalue weighted by atomic mass is 10.1. The molecule has 0 aliphatic rings. The molecule has 3 aromatic rings. The summed E-state index contributed by atoms with van der Waals surface area (Å²) >= 11 is 5.23. The smallest absolute Gasteiger partial charge is 0.0789 e. The molecule has 1 unspecified atom stereocenters. The molecule has 2 heterocycles. The Morgan fingerprint density at radius 1 is 1.30 bits per heavy atom. The van der Waals surface area contributed by atoms with Crippen molar-refractivity contribution >= 4 is 38.2 Å². The highest BCUT2D eigenvalue weighted by atomic mass is 79.9. The van der Waals surface area contributed by atoms with E-state index in [1.54, 1.807) is 11.3 Å². The number of fused-ring (bicyclic) bond motifs is 1. The molecule has 1 aromatic carbocycles. The van der Waals surface area contributed by atoms with E-state index >= 15 is 0 Å². The Labute approximate surface area is 130 Å². The van der Waals surface area contributed by atoms with Gasteiger partial charge >= 0.3 is 0 Å². The van der Waals surface area contributed by atoms with E-state index in [1.165, 1.54) is 15.3 Å². The van der Waals surface area contributed by atoms with Gasteiger partial charge in [-0.2, -0.15) is 0 Å². The van der Waals surface area contributed by atoms with Crippen molar-refractivity contribution in [3.05, 3.63) is 51.9 Å². The van der Waals surface area contributed by atoms with Gasteiger partial charge in [0.15, 0.2) is 0 Å². The molecule has 4 heteroatoms. The largest absolute Gasteiger partial charge is 0.323 e. The van der Waals surface area contributed by atoms with E-state index in [2.05, 4.69) is 64.2 Å². The van der Waals surface area contributed by atoms with Crippen LogP contribution >= 0.6 is 27.3 Å². The number of hydrogen-bond donors (Lipinski definition) is 1. The summed E-state index contributed by atoms with van der Waals surface area (Å²) < 4.78 is 1.00. The number of rotatable bonds is 3. The van der Waals surface area contributed by atoms with Crippen LogP contribution in [0.4, 0.5) is 0 Å². The van der Waals surface area contributed by atoms with Crippen LogP contribution in [0.3, 0.4) is 0 Å². The van der Waals surface area contributed by atoms with Crippen LogP contribution in [-0.4, -0.2) is 4.98 Å². The second-order valence-electron chi connectivity index (χ2n) is 4.75. The summed E-state index contributed by atoms with van der Waals surface area (Å²) in [5, 5.41) is 1.15. The van der Waals surface area contributed by atoms with Gasteiger partial charge in [-0.1, -0.05) is 25.1 Å². The van der Waals surface area contributed by atoms with Gasteiger partial charge < -0.3 is 5.73 Å². The van der Waals surface area contributed by atoms with Crippen LogP contribution in [0.1, 0.15) is 24.3 Å². The molecule has 1 atom stereocenters. The molecule has 0 saturated carbocycles. The van der Waals surface area contributed by atoms with E-state index in [-0.39, 0.29) is 6.04 Å². The molecular weight excluding hydrogens is 332 g/mol. The minimum Gasteiger partial charge on any atom is -0.323 e. The average molecular weight is 347 g/mol. The number of nitrogens with two attached hydrogens (primary N) is 1. The van der Waals surface area contributed by atoms with Crippen molar-refractivity contribution in [1.82, 2.24) is 4.98 Å². The summed E-state index contributed by atoms with van der Waals surface area (Å²) in [4.78, 5) is 7.02. The summed E-state index contributed by atoms with van der Waals surface area (Å²) in [6.07, 6.45) is 2.80. The second kappa shape index (κ2) is 5.64. The summed E-state index contributed by atoms with van der Waals surface area (Å²) in [5.74, 6) is 0. The minimum atomic E-state index is 0.130. The van der Waals surface area contributed by atoms with E-state index in [0.29, 0.717) is 0 Å². The van der Waals surface area contributed by atoms with Crippen LogP contribution in [0.5, 0.6) is 0 Å². The summed E-state index contributed by atoms with van der Waals surface area (Å²) in [6.45, 7) is 2.11. The Morgan fingerprint density at radius 2 is 2.15 bits per heavy atom. The van der Waals surface area contributed by atoms with Gasteiger partial charge in [-0.15, -0.1) is 11.3 Å². The zero-order valence-corrected chi connectivity index (χ0v) is 13.5. The van der Waals surface area contributed by atoms with Gasteiger partial charge in [0, 0.05) is 37.4 Å². The Morgan fingerprint density at radius 3 is 2.95 bits per heavy atom. The highest BCUT2D eigenvalue weighted by Gasteiger charge is 2.11. The number of pyridine rings is 1. The number of para-hydroxylation sites is 1. The predicted octanol–water partition coefficient (Wildman–Crippen LogP) is 5.14. The van der Waals surface area contributed by atoms with Crippen molar-refractivity contribution in [2.45, 2.75) is 19.4 Å². The molecular formula is C16H15BrN2S. The third-order valence-corrected chi connectivity index (χ3v) is 5.06. The van der Waals surface area contributed by atoms with Crippen LogP contribution in [0.2, 0.25) is 0 Å². The molecule has 2 nitrogen and oxygen atoms in total. The number of hydrogen-bond acceptors (Lipinski definition) is 3. The lowest BCUT2D eigenvalue weighted by molar-refractivity contribution is 0.712. The standard InChI is InChI=1S/C16H15BrN2S/c1-2-13(18)15-7-6-14(20-15)12-5-3-4-10-8-11(17)9-19-16(10)12/h3-9,13H,2,18H2,1H3. The van der Waals surface area contributed by atoms with E-state index in [0.717, 1.165) is 21.8 Å². The maximum Gasteiger partial charge on any atom is 0.0789 e. The first-order valence-electron chi connectivity index (χ1n) is 6.59. The summed E-state index contributed by atoms with van der Waals surface area (Å²) in [6, 6.07) is 12.8. The van der Waals surface area contributed by atoms with Crippen molar-refractivity contribution in [2.75, 3.05) is 0 Å². The molecule has 20 heavy (non-hydrogen) atoms. The third-order valence-electron chi connectivity index (χ3n) is 3.38. The Hall–Kier alpha value is -1.23.